The number of hydrogen-bond donors (Lipinski definition) is 2. The fourth-order valence-corrected chi connectivity index (χ4v) is 5.32. The molecule has 0 spiro atoms. The van der Waals surface area contributed by atoms with Gasteiger partial charge in [-0.25, -0.2) is 4.57 Å². The van der Waals surface area contributed by atoms with Gasteiger partial charge in [-0.3, -0.25) is 14.1 Å². The van der Waals surface area contributed by atoms with Crippen LogP contribution >= 0.6 is 7.82 Å². The summed E-state index contributed by atoms with van der Waals surface area (Å²) in [4.78, 5) is 42.7. The molecule has 0 rings (SSSR count). The van der Waals surface area contributed by atoms with E-state index in [-0.39, 0.29) is 19.4 Å². The molecule has 2 N–H and O–H groups in total. The molecule has 278 valence electrons. The molecule has 1 atom stereocenters. The van der Waals surface area contributed by atoms with E-state index in [0.29, 0.717) is 12.8 Å². The van der Waals surface area contributed by atoms with Crippen molar-refractivity contribution in [1.29, 1.82) is 0 Å². The van der Waals surface area contributed by atoms with E-state index in [2.05, 4.69) is 67.0 Å². The molecular formula is C39H69O8P. The summed E-state index contributed by atoms with van der Waals surface area (Å²) >= 11 is 0. The number of ether oxygens (including phenoxy) is 2. The highest BCUT2D eigenvalue weighted by molar-refractivity contribution is 7.46. The lowest BCUT2D eigenvalue weighted by molar-refractivity contribution is -0.161. The number of phosphoric acid groups is 1. The van der Waals surface area contributed by atoms with E-state index in [1.54, 1.807) is 0 Å². The van der Waals surface area contributed by atoms with E-state index in [1.165, 1.54) is 51.4 Å². The third-order valence-electron chi connectivity index (χ3n) is 7.82. The molecule has 0 aliphatic rings. The van der Waals surface area contributed by atoms with Crippen molar-refractivity contribution in [3.8, 4) is 0 Å². The van der Waals surface area contributed by atoms with Crippen LogP contribution in [0.4, 0.5) is 0 Å². The number of unbranched alkanes of at least 4 members (excludes halogenated alkanes) is 16. The van der Waals surface area contributed by atoms with Crippen LogP contribution in [0.15, 0.2) is 48.6 Å². The number of phosphoric ester groups is 1. The molecule has 9 heteroatoms. The largest absolute Gasteiger partial charge is 0.469 e. The molecule has 0 aromatic carbocycles. The quantitative estimate of drug-likeness (QED) is 0.0295. The summed E-state index contributed by atoms with van der Waals surface area (Å²) in [6.45, 7) is 3.59. The Morgan fingerprint density at radius 1 is 0.542 bits per heavy atom. The lowest BCUT2D eigenvalue weighted by Gasteiger charge is -2.18. The molecule has 0 aromatic rings. The van der Waals surface area contributed by atoms with Crippen molar-refractivity contribution in [2.24, 2.45) is 0 Å². The Morgan fingerprint density at radius 2 is 0.938 bits per heavy atom. The zero-order valence-electron chi connectivity index (χ0n) is 30.4. The predicted molar refractivity (Wildman–Crippen MR) is 198 cm³/mol. The Bertz CT molecular complexity index is 921. The van der Waals surface area contributed by atoms with Gasteiger partial charge in [-0.05, 0) is 77.0 Å². The molecular weight excluding hydrogens is 627 g/mol. The number of allylic oxidation sites excluding steroid dienone is 8. The molecule has 0 heterocycles. The Kier molecular flexibility index (Phi) is 33.4. The SMILES string of the molecule is CCCCC/C=C/C/C=C\CCCCCCCC(=O)O[C@H](COC(=O)CCCCCCC/C=C/C/C=C/CCCCC)COP(=O)(O)O. The topological polar surface area (TPSA) is 119 Å². The second-order valence-electron chi connectivity index (χ2n) is 12.5. The Balaban J connectivity index is 4.03. The van der Waals surface area contributed by atoms with Crippen LogP contribution in [0.5, 0.6) is 0 Å². The summed E-state index contributed by atoms with van der Waals surface area (Å²) < 4.78 is 26.3. The van der Waals surface area contributed by atoms with Crippen LogP contribution in [0.2, 0.25) is 0 Å². The minimum atomic E-state index is -4.76. The minimum Gasteiger partial charge on any atom is -0.462 e. The lowest BCUT2D eigenvalue weighted by atomic mass is 10.1. The number of hydrogen-bond acceptors (Lipinski definition) is 6. The second-order valence-corrected chi connectivity index (χ2v) is 13.8. The molecule has 0 radical (unpaired) electrons. The first-order valence-corrected chi connectivity index (χ1v) is 20.5. The maximum absolute atomic E-state index is 12.4. The van der Waals surface area contributed by atoms with Gasteiger partial charge in [0, 0.05) is 12.8 Å². The average molecular weight is 697 g/mol. The Morgan fingerprint density at radius 3 is 1.38 bits per heavy atom. The monoisotopic (exact) mass is 696 g/mol. The zero-order valence-corrected chi connectivity index (χ0v) is 31.3. The van der Waals surface area contributed by atoms with Crippen molar-refractivity contribution in [2.75, 3.05) is 13.2 Å². The van der Waals surface area contributed by atoms with Crippen LogP contribution in [0.3, 0.4) is 0 Å². The first-order chi connectivity index (χ1) is 23.3. The van der Waals surface area contributed by atoms with Gasteiger partial charge in [0.05, 0.1) is 6.61 Å². The van der Waals surface area contributed by atoms with Crippen molar-refractivity contribution in [1.82, 2.24) is 0 Å². The number of carbonyl (C=O) groups excluding carboxylic acids is 2. The highest BCUT2D eigenvalue weighted by atomic mass is 31.2. The van der Waals surface area contributed by atoms with E-state index < -0.39 is 32.5 Å². The summed E-state index contributed by atoms with van der Waals surface area (Å²) in [5.74, 6) is -0.920. The molecule has 0 aliphatic carbocycles. The maximum atomic E-state index is 12.4. The highest BCUT2D eigenvalue weighted by Gasteiger charge is 2.22. The van der Waals surface area contributed by atoms with Gasteiger partial charge >= 0.3 is 19.8 Å². The molecule has 0 aromatic heterocycles. The van der Waals surface area contributed by atoms with Gasteiger partial charge in [0.1, 0.15) is 6.61 Å². The van der Waals surface area contributed by atoms with E-state index >= 15 is 0 Å². The van der Waals surface area contributed by atoms with Crippen molar-refractivity contribution < 1.29 is 37.9 Å². The molecule has 48 heavy (non-hydrogen) atoms. The molecule has 0 unspecified atom stereocenters. The summed E-state index contributed by atoms with van der Waals surface area (Å²) in [5, 5.41) is 0. The molecule has 0 fully saturated rings. The fraction of sp³-hybridized carbons (Fsp3) is 0.744. The highest BCUT2D eigenvalue weighted by Crippen LogP contribution is 2.36. The number of esters is 2. The van der Waals surface area contributed by atoms with Crippen LogP contribution in [0, 0.1) is 0 Å². The summed E-state index contributed by atoms with van der Waals surface area (Å²) in [6.07, 6.45) is 41.1. The van der Waals surface area contributed by atoms with Gasteiger partial charge in [0.2, 0.25) is 0 Å². The molecule has 8 nitrogen and oxygen atoms in total. The van der Waals surface area contributed by atoms with Crippen LogP contribution in [-0.4, -0.2) is 41.0 Å². The predicted octanol–water partition coefficient (Wildman–Crippen LogP) is 11.2. The van der Waals surface area contributed by atoms with Gasteiger partial charge in [-0.15, -0.1) is 0 Å². The van der Waals surface area contributed by atoms with Gasteiger partial charge in [0.15, 0.2) is 6.10 Å². The number of carbonyl (C=O) groups is 2. The van der Waals surface area contributed by atoms with E-state index in [1.807, 2.05) is 0 Å². The lowest BCUT2D eigenvalue weighted by Crippen LogP contribution is -2.29. The summed E-state index contributed by atoms with van der Waals surface area (Å²) in [6, 6.07) is 0. The Hall–Kier alpha value is -1.99. The van der Waals surface area contributed by atoms with Crippen molar-refractivity contribution in [2.45, 2.75) is 174 Å². The summed E-state index contributed by atoms with van der Waals surface area (Å²) in [7, 11) is -4.76. The standard InChI is InChI=1S/C39H69O8P/c1-3-5-7-9-11-13-15-17-19-21-23-25-27-29-31-33-38(40)45-35-37(36-46-48(42,43)44)47-39(41)34-32-30-28-26-24-22-20-18-16-14-12-10-8-6-4-2/h11-14,17-20,37H,3-10,15-16,21-36H2,1-2H3,(H2,42,43,44)/b13-11+,14-12+,19-17+,20-18-/t37-/m1/s1. The molecule has 0 aliphatic heterocycles. The normalized spacial score (nSPS) is 13.0. The summed E-state index contributed by atoms with van der Waals surface area (Å²) in [5.41, 5.74) is 0. The molecule has 0 amide bonds. The molecule has 0 saturated carbocycles. The third-order valence-corrected chi connectivity index (χ3v) is 8.31. The Labute approximate surface area is 293 Å². The van der Waals surface area contributed by atoms with Gasteiger partial charge in [0.25, 0.3) is 0 Å². The van der Waals surface area contributed by atoms with Gasteiger partial charge in [-0.2, -0.15) is 0 Å². The van der Waals surface area contributed by atoms with E-state index in [0.717, 1.165) is 77.0 Å². The first-order valence-electron chi connectivity index (χ1n) is 18.9. The van der Waals surface area contributed by atoms with Crippen LogP contribution in [-0.2, 0) is 28.2 Å². The van der Waals surface area contributed by atoms with Crippen LogP contribution < -0.4 is 0 Å². The fourth-order valence-electron chi connectivity index (χ4n) is 4.96. The maximum Gasteiger partial charge on any atom is 0.469 e. The van der Waals surface area contributed by atoms with E-state index in [9.17, 15) is 14.2 Å². The van der Waals surface area contributed by atoms with E-state index in [4.69, 9.17) is 19.3 Å². The second kappa shape index (κ2) is 34.9. The average Bonchev–Trinajstić information content (AvgIpc) is 3.05. The zero-order chi connectivity index (χ0) is 35.4. The third kappa shape index (κ3) is 36.8. The van der Waals surface area contributed by atoms with Crippen molar-refractivity contribution in [3.05, 3.63) is 48.6 Å². The van der Waals surface area contributed by atoms with Crippen molar-refractivity contribution >= 4 is 19.8 Å². The first kappa shape index (κ1) is 46.0. The molecule has 0 bridgehead atoms. The smallest absolute Gasteiger partial charge is 0.462 e. The minimum absolute atomic E-state index is 0.191. The van der Waals surface area contributed by atoms with Crippen LogP contribution in [0.25, 0.3) is 0 Å². The molecule has 0 saturated heterocycles. The van der Waals surface area contributed by atoms with Gasteiger partial charge < -0.3 is 19.3 Å². The number of rotatable bonds is 34. The van der Waals surface area contributed by atoms with Crippen molar-refractivity contribution in [3.63, 3.8) is 0 Å². The van der Waals surface area contributed by atoms with Gasteiger partial charge in [-0.1, -0.05) is 127 Å². The van der Waals surface area contributed by atoms with Crippen LogP contribution in [0.1, 0.15) is 168 Å².